The molecule has 3 heteroatoms. The van der Waals surface area contributed by atoms with Crippen LogP contribution in [0.15, 0.2) is 23.4 Å². The smallest absolute Gasteiger partial charge is 0.221 e. The molecular formula is C9H11NO2. The first-order valence-corrected chi connectivity index (χ1v) is 3.78. The Hall–Kier alpha value is -1.38. The third kappa shape index (κ3) is 2.05. The van der Waals surface area contributed by atoms with Crippen LogP contribution in [0.4, 0.5) is 0 Å². The third-order valence-electron chi connectivity index (χ3n) is 1.59. The van der Waals surface area contributed by atoms with E-state index in [2.05, 4.69) is 5.32 Å². The van der Waals surface area contributed by atoms with Crippen LogP contribution in [-0.2, 0) is 9.59 Å². The summed E-state index contributed by atoms with van der Waals surface area (Å²) in [5, 5.41) is 2.48. The molecular weight excluding hydrogens is 154 g/mol. The number of Topliss-reactive ketones (excluding diaryl/α,β-unsaturated/α-hetero) is 1. The zero-order valence-electron chi connectivity index (χ0n) is 7.18. The lowest BCUT2D eigenvalue weighted by Crippen LogP contribution is -2.26. The Morgan fingerprint density at radius 2 is 2.17 bits per heavy atom. The minimum absolute atomic E-state index is 0.0230. The number of hydrogen-bond acceptors (Lipinski definition) is 2. The first-order chi connectivity index (χ1) is 5.59. The summed E-state index contributed by atoms with van der Waals surface area (Å²) < 4.78 is 0. The maximum atomic E-state index is 11.2. The number of rotatable bonds is 1. The average molecular weight is 165 g/mol. The monoisotopic (exact) mass is 165 g/mol. The number of carbonyl (C=O) groups is 2. The van der Waals surface area contributed by atoms with Crippen molar-refractivity contribution in [2.75, 3.05) is 0 Å². The van der Waals surface area contributed by atoms with Gasteiger partial charge in [-0.1, -0.05) is 11.6 Å². The summed E-state index contributed by atoms with van der Waals surface area (Å²) in [7, 11) is 0. The van der Waals surface area contributed by atoms with Crippen molar-refractivity contribution in [1.82, 2.24) is 5.32 Å². The number of allylic oxidation sites excluding steroid dienone is 4. The second-order valence-corrected chi connectivity index (χ2v) is 2.87. The zero-order valence-corrected chi connectivity index (χ0v) is 7.18. The van der Waals surface area contributed by atoms with E-state index in [-0.39, 0.29) is 11.7 Å². The van der Waals surface area contributed by atoms with Crippen LogP contribution in [-0.4, -0.2) is 11.7 Å². The van der Waals surface area contributed by atoms with Crippen LogP contribution in [0.25, 0.3) is 0 Å². The second kappa shape index (κ2) is 3.34. The van der Waals surface area contributed by atoms with E-state index >= 15 is 0 Å². The number of amides is 1. The number of hydrogen-bond donors (Lipinski definition) is 1. The number of nitrogens with one attached hydrogen (secondary N) is 1. The van der Waals surface area contributed by atoms with Crippen LogP contribution in [0.1, 0.15) is 20.3 Å². The van der Waals surface area contributed by atoms with Gasteiger partial charge in [-0.25, -0.2) is 0 Å². The molecule has 64 valence electrons. The van der Waals surface area contributed by atoms with Gasteiger partial charge in [0, 0.05) is 13.3 Å². The fourth-order valence-corrected chi connectivity index (χ4v) is 1.03. The minimum atomic E-state index is -0.206. The molecule has 0 aromatic carbocycles. The van der Waals surface area contributed by atoms with Crippen molar-refractivity contribution in [3.05, 3.63) is 23.4 Å². The fraction of sp³-hybridized carbons (Fsp3) is 0.333. The largest absolute Gasteiger partial charge is 0.323 e. The van der Waals surface area contributed by atoms with Gasteiger partial charge in [0.25, 0.3) is 0 Å². The first kappa shape index (κ1) is 8.71. The Labute approximate surface area is 71.1 Å². The topological polar surface area (TPSA) is 46.2 Å². The SMILES string of the molecule is CC(=O)NC1=CC=C(C)CC1=O. The van der Waals surface area contributed by atoms with Gasteiger partial charge in [0.05, 0.1) is 5.70 Å². The van der Waals surface area contributed by atoms with Gasteiger partial charge in [0.1, 0.15) is 0 Å². The predicted molar refractivity (Wildman–Crippen MR) is 45.3 cm³/mol. The molecule has 3 nitrogen and oxygen atoms in total. The average Bonchev–Trinajstić information content (AvgIpc) is 1.94. The molecule has 0 aromatic rings. The molecule has 0 aliphatic heterocycles. The summed E-state index contributed by atoms with van der Waals surface area (Å²) in [4.78, 5) is 21.8. The van der Waals surface area contributed by atoms with Gasteiger partial charge in [0.15, 0.2) is 5.78 Å². The lowest BCUT2D eigenvalue weighted by atomic mass is 10.0. The molecule has 0 atom stereocenters. The van der Waals surface area contributed by atoms with Crippen molar-refractivity contribution in [1.29, 1.82) is 0 Å². The molecule has 0 radical (unpaired) electrons. The van der Waals surface area contributed by atoms with Crippen LogP contribution < -0.4 is 5.32 Å². The Kier molecular flexibility index (Phi) is 2.43. The van der Waals surface area contributed by atoms with Gasteiger partial charge in [-0.3, -0.25) is 9.59 Å². The Morgan fingerprint density at radius 1 is 1.50 bits per heavy atom. The first-order valence-electron chi connectivity index (χ1n) is 3.78. The lowest BCUT2D eigenvalue weighted by Gasteiger charge is -2.10. The highest BCUT2D eigenvalue weighted by Crippen LogP contribution is 2.11. The minimum Gasteiger partial charge on any atom is -0.323 e. The molecule has 1 N–H and O–H groups in total. The fourth-order valence-electron chi connectivity index (χ4n) is 1.03. The maximum absolute atomic E-state index is 11.2. The van der Waals surface area contributed by atoms with Crippen LogP contribution in [0, 0.1) is 0 Å². The molecule has 1 aliphatic carbocycles. The molecule has 0 spiro atoms. The molecule has 1 rings (SSSR count). The van der Waals surface area contributed by atoms with Gasteiger partial charge in [0.2, 0.25) is 5.91 Å². The van der Waals surface area contributed by atoms with Gasteiger partial charge < -0.3 is 5.32 Å². The molecule has 0 saturated carbocycles. The molecule has 12 heavy (non-hydrogen) atoms. The second-order valence-electron chi connectivity index (χ2n) is 2.87. The predicted octanol–water partition coefficient (Wildman–Crippen LogP) is 0.925. The molecule has 0 heterocycles. The molecule has 0 unspecified atom stereocenters. The summed E-state index contributed by atoms with van der Waals surface area (Å²) in [5.41, 5.74) is 1.42. The summed E-state index contributed by atoms with van der Waals surface area (Å²) in [6, 6.07) is 0. The quantitative estimate of drug-likeness (QED) is 0.628. The Morgan fingerprint density at radius 3 is 2.67 bits per heavy atom. The van der Waals surface area contributed by atoms with Crippen molar-refractivity contribution in [2.24, 2.45) is 0 Å². The molecule has 1 amide bonds. The van der Waals surface area contributed by atoms with E-state index in [1.807, 2.05) is 13.0 Å². The highest BCUT2D eigenvalue weighted by molar-refractivity contribution is 6.00. The summed E-state index contributed by atoms with van der Waals surface area (Å²) >= 11 is 0. The molecule has 0 fully saturated rings. The van der Waals surface area contributed by atoms with Crippen LogP contribution >= 0.6 is 0 Å². The van der Waals surface area contributed by atoms with Crippen molar-refractivity contribution in [3.63, 3.8) is 0 Å². The molecule has 1 aliphatic rings. The summed E-state index contributed by atoms with van der Waals surface area (Å²) in [6.45, 7) is 3.28. The van der Waals surface area contributed by atoms with Crippen LogP contribution in [0.2, 0.25) is 0 Å². The van der Waals surface area contributed by atoms with Crippen LogP contribution in [0.5, 0.6) is 0 Å². The number of carbonyl (C=O) groups excluding carboxylic acids is 2. The van der Waals surface area contributed by atoms with Gasteiger partial charge in [-0.05, 0) is 13.0 Å². The van der Waals surface area contributed by atoms with E-state index in [0.717, 1.165) is 5.57 Å². The number of ketones is 1. The van der Waals surface area contributed by atoms with E-state index in [1.54, 1.807) is 6.08 Å². The highest BCUT2D eigenvalue weighted by Gasteiger charge is 2.13. The zero-order chi connectivity index (χ0) is 9.14. The standard InChI is InChI=1S/C9H11NO2/c1-6-3-4-8(9(12)5-6)10-7(2)11/h3-4H,5H2,1-2H3,(H,10,11). The van der Waals surface area contributed by atoms with E-state index in [4.69, 9.17) is 0 Å². The van der Waals surface area contributed by atoms with E-state index in [1.165, 1.54) is 6.92 Å². The lowest BCUT2D eigenvalue weighted by molar-refractivity contribution is -0.121. The Bertz CT molecular complexity index is 287. The third-order valence-corrected chi connectivity index (χ3v) is 1.59. The molecule has 0 saturated heterocycles. The van der Waals surface area contributed by atoms with Gasteiger partial charge in [-0.15, -0.1) is 0 Å². The van der Waals surface area contributed by atoms with Crippen molar-refractivity contribution < 1.29 is 9.59 Å². The van der Waals surface area contributed by atoms with Gasteiger partial charge in [-0.2, -0.15) is 0 Å². The van der Waals surface area contributed by atoms with Crippen LogP contribution in [0.3, 0.4) is 0 Å². The summed E-state index contributed by atoms with van der Waals surface area (Å²) in [5.74, 6) is -0.229. The summed E-state index contributed by atoms with van der Waals surface area (Å²) in [6.07, 6.45) is 3.89. The highest BCUT2D eigenvalue weighted by atomic mass is 16.2. The van der Waals surface area contributed by atoms with E-state index < -0.39 is 0 Å². The van der Waals surface area contributed by atoms with E-state index in [9.17, 15) is 9.59 Å². The maximum Gasteiger partial charge on any atom is 0.221 e. The van der Waals surface area contributed by atoms with Gasteiger partial charge >= 0.3 is 0 Å². The van der Waals surface area contributed by atoms with Crippen molar-refractivity contribution >= 4 is 11.7 Å². The van der Waals surface area contributed by atoms with Crippen molar-refractivity contribution in [3.8, 4) is 0 Å². The normalized spacial score (nSPS) is 16.7. The van der Waals surface area contributed by atoms with Crippen molar-refractivity contribution in [2.45, 2.75) is 20.3 Å². The Balaban J connectivity index is 2.76. The van der Waals surface area contributed by atoms with E-state index in [0.29, 0.717) is 12.1 Å². The molecule has 0 bridgehead atoms. The molecule has 0 aromatic heterocycles.